The first kappa shape index (κ1) is 16.1. The highest BCUT2D eigenvalue weighted by Crippen LogP contribution is 2.20. The molecule has 0 aliphatic carbocycles. The summed E-state index contributed by atoms with van der Waals surface area (Å²) < 4.78 is 1.27. The molecule has 0 aliphatic heterocycles. The highest BCUT2D eigenvalue weighted by molar-refractivity contribution is 6.05. The van der Waals surface area contributed by atoms with E-state index in [4.69, 9.17) is 0 Å². The molecule has 0 saturated carbocycles. The normalized spacial score (nSPS) is 11.0. The molecule has 1 heterocycles. The van der Waals surface area contributed by atoms with Gasteiger partial charge in [-0.3, -0.25) is 9.59 Å². The molecule has 0 bridgehead atoms. The fourth-order valence-corrected chi connectivity index (χ4v) is 3.28. The monoisotopic (exact) mass is 342 g/mol. The number of fused-ring (bicyclic) bond motifs is 3. The van der Waals surface area contributed by atoms with Gasteiger partial charge in [0.05, 0.1) is 5.69 Å². The van der Waals surface area contributed by atoms with Gasteiger partial charge in [0.1, 0.15) is 0 Å². The van der Waals surface area contributed by atoms with E-state index in [1.54, 1.807) is 12.1 Å². The van der Waals surface area contributed by atoms with Crippen LogP contribution in [0.4, 0.5) is 5.69 Å². The van der Waals surface area contributed by atoms with Gasteiger partial charge in [-0.25, -0.2) is 4.57 Å². The first-order valence-corrected chi connectivity index (χ1v) is 8.42. The van der Waals surface area contributed by atoms with E-state index < -0.39 is 0 Å². The lowest BCUT2D eigenvalue weighted by Gasteiger charge is -2.12. The molecule has 0 atom stereocenters. The first-order valence-electron chi connectivity index (χ1n) is 8.42. The van der Waals surface area contributed by atoms with Gasteiger partial charge in [0, 0.05) is 30.6 Å². The van der Waals surface area contributed by atoms with Gasteiger partial charge in [0.2, 0.25) is 0 Å². The van der Waals surface area contributed by atoms with E-state index in [2.05, 4.69) is 0 Å². The van der Waals surface area contributed by atoms with Gasteiger partial charge in [0.15, 0.2) is 0 Å². The summed E-state index contributed by atoms with van der Waals surface area (Å²) in [6.07, 6.45) is 0. The minimum Gasteiger partial charge on any atom is -0.378 e. The van der Waals surface area contributed by atoms with Gasteiger partial charge in [-0.2, -0.15) is 0 Å². The summed E-state index contributed by atoms with van der Waals surface area (Å²) in [4.78, 5) is 28.4. The molecular formula is C22H18N2O2. The topological polar surface area (TPSA) is 42.3 Å². The zero-order chi connectivity index (χ0) is 18.3. The maximum absolute atomic E-state index is 13.2. The zero-order valence-corrected chi connectivity index (χ0v) is 14.6. The second-order valence-electron chi connectivity index (χ2n) is 6.45. The summed E-state index contributed by atoms with van der Waals surface area (Å²) in [5.74, 6) is 0. The third-order valence-electron chi connectivity index (χ3n) is 4.64. The van der Waals surface area contributed by atoms with Gasteiger partial charge in [-0.05, 0) is 47.2 Å². The molecule has 1 aromatic heterocycles. The molecule has 0 aliphatic rings. The third kappa shape index (κ3) is 2.47. The number of nitrogens with zero attached hydrogens (tertiary/aromatic N) is 2. The van der Waals surface area contributed by atoms with Crippen LogP contribution in [0.5, 0.6) is 0 Å². The Bertz CT molecular complexity index is 1170. The van der Waals surface area contributed by atoms with Crippen molar-refractivity contribution in [2.45, 2.75) is 0 Å². The molecule has 4 rings (SSSR count). The van der Waals surface area contributed by atoms with Gasteiger partial charge in [0.25, 0.3) is 11.1 Å². The maximum atomic E-state index is 13.2. The van der Waals surface area contributed by atoms with Crippen LogP contribution in [0.25, 0.3) is 27.2 Å². The fourth-order valence-electron chi connectivity index (χ4n) is 3.28. The molecule has 4 aromatic rings. The summed E-state index contributed by atoms with van der Waals surface area (Å²) in [6.45, 7) is 0. The molecule has 26 heavy (non-hydrogen) atoms. The van der Waals surface area contributed by atoms with Crippen LogP contribution in [-0.4, -0.2) is 18.7 Å². The molecule has 3 aromatic carbocycles. The molecule has 0 unspecified atom stereocenters. The number of hydrogen-bond acceptors (Lipinski definition) is 3. The molecule has 0 saturated heterocycles. The summed E-state index contributed by atoms with van der Waals surface area (Å²) >= 11 is 0. The largest absolute Gasteiger partial charge is 0.378 e. The van der Waals surface area contributed by atoms with E-state index in [0.717, 1.165) is 16.5 Å². The van der Waals surface area contributed by atoms with Crippen molar-refractivity contribution in [1.82, 2.24) is 4.57 Å². The SMILES string of the molecule is CN(C)c1ccc(-n2c(=O)c3ccccc3c3ccccc3c2=O)cc1. The van der Waals surface area contributed by atoms with Crippen LogP contribution in [0.2, 0.25) is 0 Å². The standard InChI is InChI=1S/C22H18N2O2/c1-23(2)15-11-13-16(14-12-15)24-21(25)19-9-5-3-7-17(19)18-8-4-6-10-20(18)22(24)26/h3-14H,1-2H3. The number of aromatic nitrogens is 1. The highest BCUT2D eigenvalue weighted by atomic mass is 16.2. The summed E-state index contributed by atoms with van der Waals surface area (Å²) in [5, 5.41) is 2.63. The molecule has 4 nitrogen and oxygen atoms in total. The van der Waals surface area contributed by atoms with E-state index in [0.29, 0.717) is 16.5 Å². The second-order valence-corrected chi connectivity index (χ2v) is 6.45. The van der Waals surface area contributed by atoms with Crippen LogP contribution < -0.4 is 16.0 Å². The molecule has 0 spiro atoms. The third-order valence-corrected chi connectivity index (χ3v) is 4.64. The van der Waals surface area contributed by atoms with Crippen molar-refractivity contribution in [3.05, 3.63) is 93.5 Å². The summed E-state index contributed by atoms with van der Waals surface area (Å²) in [6, 6.07) is 22.1. The van der Waals surface area contributed by atoms with Crippen molar-refractivity contribution in [2.75, 3.05) is 19.0 Å². The van der Waals surface area contributed by atoms with Crippen LogP contribution in [0, 0.1) is 0 Å². The van der Waals surface area contributed by atoms with Crippen molar-refractivity contribution < 1.29 is 0 Å². The van der Waals surface area contributed by atoms with Crippen molar-refractivity contribution >= 4 is 27.2 Å². The average molecular weight is 342 g/mol. The predicted octanol–water partition coefficient (Wildman–Crippen LogP) is 3.57. The number of benzene rings is 3. The quantitative estimate of drug-likeness (QED) is 0.559. The molecule has 128 valence electrons. The lowest BCUT2D eigenvalue weighted by Crippen LogP contribution is -2.28. The Balaban J connectivity index is 2.19. The van der Waals surface area contributed by atoms with Crippen LogP contribution in [0.3, 0.4) is 0 Å². The molecule has 4 heteroatoms. The van der Waals surface area contributed by atoms with Crippen molar-refractivity contribution in [2.24, 2.45) is 0 Å². The molecule has 0 radical (unpaired) electrons. The van der Waals surface area contributed by atoms with E-state index in [1.807, 2.05) is 79.7 Å². The van der Waals surface area contributed by atoms with Gasteiger partial charge >= 0.3 is 0 Å². The van der Waals surface area contributed by atoms with E-state index in [1.165, 1.54) is 4.57 Å². The summed E-state index contributed by atoms with van der Waals surface area (Å²) in [5.41, 5.74) is 0.959. The van der Waals surface area contributed by atoms with Crippen molar-refractivity contribution in [3.63, 3.8) is 0 Å². The molecule has 0 fully saturated rings. The van der Waals surface area contributed by atoms with E-state index in [-0.39, 0.29) is 11.1 Å². The van der Waals surface area contributed by atoms with Gasteiger partial charge in [-0.1, -0.05) is 36.4 Å². The zero-order valence-electron chi connectivity index (χ0n) is 14.6. The minimum absolute atomic E-state index is 0.306. The Morgan fingerprint density at radius 1 is 0.615 bits per heavy atom. The predicted molar refractivity (Wildman–Crippen MR) is 108 cm³/mol. The number of rotatable bonds is 2. The highest BCUT2D eigenvalue weighted by Gasteiger charge is 2.12. The van der Waals surface area contributed by atoms with E-state index >= 15 is 0 Å². The Kier molecular flexibility index (Phi) is 3.81. The van der Waals surface area contributed by atoms with Crippen LogP contribution in [0.15, 0.2) is 82.4 Å². The van der Waals surface area contributed by atoms with Gasteiger partial charge in [-0.15, -0.1) is 0 Å². The Hall–Kier alpha value is -3.40. The lowest BCUT2D eigenvalue weighted by atomic mass is 10.1. The van der Waals surface area contributed by atoms with Crippen molar-refractivity contribution in [3.8, 4) is 5.69 Å². The Morgan fingerprint density at radius 3 is 1.46 bits per heavy atom. The Morgan fingerprint density at radius 2 is 1.04 bits per heavy atom. The minimum atomic E-state index is -0.306. The first-order chi connectivity index (χ1) is 12.6. The molecular weight excluding hydrogens is 324 g/mol. The summed E-state index contributed by atoms with van der Waals surface area (Å²) in [7, 11) is 3.90. The number of anilines is 1. The number of hydrogen-bond donors (Lipinski definition) is 0. The Labute approximate surface area is 150 Å². The molecule has 0 N–H and O–H groups in total. The maximum Gasteiger partial charge on any atom is 0.265 e. The second kappa shape index (κ2) is 6.15. The van der Waals surface area contributed by atoms with Gasteiger partial charge < -0.3 is 4.90 Å². The fraction of sp³-hybridized carbons (Fsp3) is 0.0909. The van der Waals surface area contributed by atoms with Crippen LogP contribution in [0.1, 0.15) is 0 Å². The lowest BCUT2D eigenvalue weighted by molar-refractivity contribution is 0.974. The molecule has 0 amide bonds. The average Bonchev–Trinajstić information content (AvgIpc) is 2.76. The smallest absolute Gasteiger partial charge is 0.265 e. The van der Waals surface area contributed by atoms with Crippen molar-refractivity contribution in [1.29, 1.82) is 0 Å². The van der Waals surface area contributed by atoms with Crippen LogP contribution >= 0.6 is 0 Å². The van der Waals surface area contributed by atoms with Crippen LogP contribution in [-0.2, 0) is 0 Å². The van der Waals surface area contributed by atoms with E-state index in [9.17, 15) is 9.59 Å².